The third kappa shape index (κ3) is 4.45. The molecular formula is C15H21IN2O. The third-order valence-corrected chi connectivity index (χ3v) is 4.40. The maximum absolute atomic E-state index is 12.0. The molecule has 0 aliphatic carbocycles. The zero-order chi connectivity index (χ0) is 13.7. The largest absolute Gasteiger partial charge is 0.350 e. The fourth-order valence-corrected chi connectivity index (χ4v) is 2.79. The minimum atomic E-state index is 0.0280. The van der Waals surface area contributed by atoms with E-state index in [1.54, 1.807) is 0 Å². The number of nitrogens with one attached hydrogen (secondary N) is 1. The Hall–Kier alpha value is -0.620. The van der Waals surface area contributed by atoms with Crippen molar-refractivity contribution in [3.8, 4) is 0 Å². The van der Waals surface area contributed by atoms with Gasteiger partial charge in [0.05, 0.1) is 0 Å². The van der Waals surface area contributed by atoms with Gasteiger partial charge in [0, 0.05) is 21.7 Å². The molecule has 19 heavy (non-hydrogen) atoms. The molecule has 1 saturated heterocycles. The topological polar surface area (TPSA) is 32.3 Å². The van der Waals surface area contributed by atoms with Gasteiger partial charge in [-0.15, -0.1) is 0 Å². The first-order valence-corrected chi connectivity index (χ1v) is 8.02. The highest BCUT2D eigenvalue weighted by Gasteiger charge is 2.17. The second kappa shape index (κ2) is 7.24. The number of amides is 1. The summed E-state index contributed by atoms with van der Waals surface area (Å²) in [6.07, 6.45) is 3.92. The summed E-state index contributed by atoms with van der Waals surface area (Å²) in [7, 11) is 0. The van der Waals surface area contributed by atoms with Gasteiger partial charge in [-0.1, -0.05) is 6.42 Å². The van der Waals surface area contributed by atoms with Gasteiger partial charge in [-0.2, -0.15) is 0 Å². The number of hydrogen-bond donors (Lipinski definition) is 1. The van der Waals surface area contributed by atoms with Crippen molar-refractivity contribution in [2.75, 3.05) is 19.6 Å². The fourth-order valence-electron chi connectivity index (χ4n) is 2.43. The Bertz CT molecular complexity index is 413. The summed E-state index contributed by atoms with van der Waals surface area (Å²) in [5.74, 6) is 0.0280. The predicted molar refractivity (Wildman–Crippen MR) is 86.4 cm³/mol. The Morgan fingerprint density at radius 2 is 1.89 bits per heavy atom. The molecule has 4 heteroatoms. The molecule has 1 unspecified atom stereocenters. The molecule has 0 bridgehead atoms. The van der Waals surface area contributed by atoms with Crippen LogP contribution in [0.1, 0.15) is 36.5 Å². The second-order valence-electron chi connectivity index (χ2n) is 5.16. The van der Waals surface area contributed by atoms with E-state index >= 15 is 0 Å². The molecule has 0 radical (unpaired) electrons. The Labute approximate surface area is 128 Å². The molecule has 3 nitrogen and oxygen atoms in total. The number of benzene rings is 1. The molecule has 1 aliphatic rings. The number of carbonyl (C=O) groups is 1. The van der Waals surface area contributed by atoms with Gasteiger partial charge in [0.2, 0.25) is 0 Å². The number of nitrogens with zero attached hydrogens (tertiary/aromatic N) is 1. The van der Waals surface area contributed by atoms with Crippen LogP contribution in [0.5, 0.6) is 0 Å². The Balaban J connectivity index is 1.81. The SMILES string of the molecule is CC(CNC(=O)c1ccc(I)cc1)N1CCCCC1. The molecule has 0 spiro atoms. The van der Waals surface area contributed by atoms with Gasteiger partial charge >= 0.3 is 0 Å². The number of hydrogen-bond acceptors (Lipinski definition) is 2. The molecule has 1 atom stereocenters. The molecule has 1 aromatic rings. The molecule has 0 aromatic heterocycles. The molecule has 0 saturated carbocycles. The number of piperidine rings is 1. The first kappa shape index (κ1) is 14.8. The van der Waals surface area contributed by atoms with Crippen LogP contribution in [-0.4, -0.2) is 36.5 Å². The molecule has 1 heterocycles. The molecule has 1 amide bonds. The summed E-state index contributed by atoms with van der Waals surface area (Å²) >= 11 is 2.24. The lowest BCUT2D eigenvalue weighted by molar-refractivity contribution is 0.0930. The van der Waals surface area contributed by atoms with Crippen LogP contribution in [0.3, 0.4) is 0 Å². The lowest BCUT2D eigenvalue weighted by Gasteiger charge is -2.32. The molecule has 104 valence electrons. The zero-order valence-corrected chi connectivity index (χ0v) is 13.5. The van der Waals surface area contributed by atoms with Crippen molar-refractivity contribution in [2.45, 2.75) is 32.2 Å². The summed E-state index contributed by atoms with van der Waals surface area (Å²) in [4.78, 5) is 14.5. The zero-order valence-electron chi connectivity index (χ0n) is 11.4. The molecule has 2 rings (SSSR count). The minimum Gasteiger partial charge on any atom is -0.350 e. The van der Waals surface area contributed by atoms with Gasteiger partial charge in [-0.25, -0.2) is 0 Å². The molecule has 1 aromatic carbocycles. The number of carbonyl (C=O) groups excluding carboxylic acids is 1. The molecular weight excluding hydrogens is 351 g/mol. The number of likely N-dealkylation sites (tertiary alicyclic amines) is 1. The van der Waals surface area contributed by atoms with Gasteiger partial charge in [0.25, 0.3) is 5.91 Å². The van der Waals surface area contributed by atoms with Crippen LogP contribution in [0.25, 0.3) is 0 Å². The van der Waals surface area contributed by atoms with Crippen LogP contribution >= 0.6 is 22.6 Å². The first-order valence-electron chi connectivity index (χ1n) is 6.94. The Kier molecular flexibility index (Phi) is 5.63. The maximum atomic E-state index is 12.0. The van der Waals surface area contributed by atoms with E-state index in [4.69, 9.17) is 0 Å². The van der Waals surface area contributed by atoms with Crippen LogP contribution in [0.2, 0.25) is 0 Å². The molecule has 1 aliphatic heterocycles. The highest BCUT2D eigenvalue weighted by Crippen LogP contribution is 2.12. The summed E-state index contributed by atoms with van der Waals surface area (Å²) in [6, 6.07) is 8.10. The van der Waals surface area contributed by atoms with Crippen molar-refractivity contribution < 1.29 is 4.79 Å². The Morgan fingerprint density at radius 3 is 2.53 bits per heavy atom. The van der Waals surface area contributed by atoms with E-state index in [0.717, 1.165) is 15.7 Å². The van der Waals surface area contributed by atoms with Crippen molar-refractivity contribution in [2.24, 2.45) is 0 Å². The highest BCUT2D eigenvalue weighted by atomic mass is 127. The third-order valence-electron chi connectivity index (χ3n) is 3.68. The van der Waals surface area contributed by atoms with Crippen molar-refractivity contribution in [3.05, 3.63) is 33.4 Å². The van der Waals surface area contributed by atoms with Crippen LogP contribution < -0.4 is 5.32 Å². The average molecular weight is 372 g/mol. The van der Waals surface area contributed by atoms with Crippen LogP contribution in [0.4, 0.5) is 0 Å². The van der Waals surface area contributed by atoms with Gasteiger partial charge in [-0.05, 0) is 79.7 Å². The summed E-state index contributed by atoms with van der Waals surface area (Å²) in [6.45, 7) is 5.26. The average Bonchev–Trinajstić information content (AvgIpc) is 2.46. The fraction of sp³-hybridized carbons (Fsp3) is 0.533. The standard InChI is InChI=1S/C15H21IN2O/c1-12(18-9-3-2-4-10-18)11-17-15(19)13-5-7-14(16)8-6-13/h5-8,12H,2-4,9-11H2,1H3,(H,17,19). The smallest absolute Gasteiger partial charge is 0.251 e. The monoisotopic (exact) mass is 372 g/mol. The van der Waals surface area contributed by atoms with Gasteiger partial charge in [0.1, 0.15) is 0 Å². The van der Waals surface area contributed by atoms with Crippen molar-refractivity contribution in [3.63, 3.8) is 0 Å². The Morgan fingerprint density at radius 1 is 1.26 bits per heavy atom. The lowest BCUT2D eigenvalue weighted by atomic mass is 10.1. The van der Waals surface area contributed by atoms with Crippen molar-refractivity contribution >= 4 is 28.5 Å². The summed E-state index contributed by atoms with van der Waals surface area (Å²) in [5.41, 5.74) is 0.742. The van der Waals surface area contributed by atoms with Crippen molar-refractivity contribution in [1.82, 2.24) is 10.2 Å². The van der Waals surface area contributed by atoms with E-state index in [9.17, 15) is 4.79 Å². The van der Waals surface area contributed by atoms with E-state index < -0.39 is 0 Å². The second-order valence-corrected chi connectivity index (χ2v) is 6.41. The minimum absolute atomic E-state index is 0.0280. The summed E-state index contributed by atoms with van der Waals surface area (Å²) < 4.78 is 1.15. The number of halogens is 1. The maximum Gasteiger partial charge on any atom is 0.251 e. The normalized spacial score (nSPS) is 18.0. The van der Waals surface area contributed by atoms with E-state index in [-0.39, 0.29) is 5.91 Å². The quantitative estimate of drug-likeness (QED) is 0.825. The molecule has 1 fully saturated rings. The van der Waals surface area contributed by atoms with Crippen LogP contribution in [0.15, 0.2) is 24.3 Å². The van der Waals surface area contributed by atoms with Gasteiger partial charge in [0.15, 0.2) is 0 Å². The molecule has 1 N–H and O–H groups in total. The summed E-state index contributed by atoms with van der Waals surface area (Å²) in [5, 5.41) is 3.03. The predicted octanol–water partition coefficient (Wildman–Crippen LogP) is 2.90. The van der Waals surface area contributed by atoms with E-state index in [1.165, 1.54) is 32.4 Å². The van der Waals surface area contributed by atoms with Crippen molar-refractivity contribution in [1.29, 1.82) is 0 Å². The van der Waals surface area contributed by atoms with Gasteiger partial charge < -0.3 is 5.32 Å². The van der Waals surface area contributed by atoms with E-state index in [0.29, 0.717) is 6.04 Å². The van der Waals surface area contributed by atoms with Crippen LogP contribution in [-0.2, 0) is 0 Å². The van der Waals surface area contributed by atoms with E-state index in [2.05, 4.69) is 39.7 Å². The van der Waals surface area contributed by atoms with E-state index in [1.807, 2.05) is 24.3 Å². The van der Waals surface area contributed by atoms with Crippen LogP contribution in [0, 0.1) is 3.57 Å². The first-order chi connectivity index (χ1) is 9.16. The number of rotatable bonds is 4. The lowest BCUT2D eigenvalue weighted by Crippen LogP contribution is -2.44. The van der Waals surface area contributed by atoms with Gasteiger partial charge in [-0.3, -0.25) is 9.69 Å². The highest BCUT2D eigenvalue weighted by molar-refractivity contribution is 14.1.